The van der Waals surface area contributed by atoms with E-state index >= 15 is 0 Å². The first-order chi connectivity index (χ1) is 7.24. The molecule has 1 rings (SSSR count). The van der Waals surface area contributed by atoms with Crippen LogP contribution in [0.15, 0.2) is 6.33 Å². The minimum Gasteiger partial charge on any atom is -0.309 e. The first-order valence-corrected chi connectivity index (χ1v) is 6.69. The van der Waals surface area contributed by atoms with Crippen molar-refractivity contribution >= 4 is 11.8 Å². The summed E-state index contributed by atoms with van der Waals surface area (Å²) in [5.41, 5.74) is 0. The molecule has 0 saturated heterocycles. The Balaban J connectivity index is 2.36. The molecule has 0 aliphatic rings. The fourth-order valence-corrected chi connectivity index (χ4v) is 1.65. The van der Waals surface area contributed by atoms with Crippen molar-refractivity contribution in [3.05, 3.63) is 12.2 Å². The van der Waals surface area contributed by atoms with Crippen molar-refractivity contribution in [2.45, 2.75) is 26.9 Å². The van der Waals surface area contributed by atoms with Crippen molar-refractivity contribution in [2.24, 2.45) is 5.92 Å². The van der Waals surface area contributed by atoms with E-state index in [2.05, 4.69) is 35.5 Å². The lowest BCUT2D eigenvalue weighted by atomic mass is 10.2. The van der Waals surface area contributed by atoms with Gasteiger partial charge in [-0.1, -0.05) is 13.8 Å². The number of nitrogens with one attached hydrogen (secondary N) is 1. The van der Waals surface area contributed by atoms with E-state index in [0.717, 1.165) is 31.2 Å². The fraction of sp³-hybridized carbons (Fsp3) is 0.800. The maximum atomic E-state index is 4.25. The van der Waals surface area contributed by atoms with Crippen LogP contribution in [0.2, 0.25) is 0 Å². The maximum absolute atomic E-state index is 4.25. The Morgan fingerprint density at radius 3 is 3.00 bits per heavy atom. The van der Waals surface area contributed by atoms with Gasteiger partial charge in [-0.25, -0.2) is 9.67 Å². The van der Waals surface area contributed by atoms with Gasteiger partial charge in [0.1, 0.15) is 12.2 Å². The lowest BCUT2D eigenvalue weighted by molar-refractivity contribution is 0.459. The molecule has 1 heterocycles. The van der Waals surface area contributed by atoms with Crippen molar-refractivity contribution in [1.82, 2.24) is 20.1 Å². The highest BCUT2D eigenvalue weighted by molar-refractivity contribution is 7.98. The minimum absolute atomic E-state index is 0.608. The predicted octanol–water partition coefficient (Wildman–Crippen LogP) is 1.39. The molecular weight excluding hydrogens is 208 g/mol. The second-order valence-corrected chi connectivity index (χ2v) is 4.91. The van der Waals surface area contributed by atoms with E-state index in [-0.39, 0.29) is 0 Å². The van der Waals surface area contributed by atoms with Gasteiger partial charge < -0.3 is 5.32 Å². The van der Waals surface area contributed by atoms with Crippen molar-refractivity contribution in [3.63, 3.8) is 0 Å². The third-order valence-corrected chi connectivity index (χ3v) is 2.61. The zero-order valence-electron chi connectivity index (χ0n) is 9.73. The van der Waals surface area contributed by atoms with Crippen LogP contribution in [0.25, 0.3) is 0 Å². The molecule has 1 aromatic heterocycles. The zero-order chi connectivity index (χ0) is 11.1. The summed E-state index contributed by atoms with van der Waals surface area (Å²) in [6, 6.07) is 0. The summed E-state index contributed by atoms with van der Waals surface area (Å²) in [4.78, 5) is 4.25. The van der Waals surface area contributed by atoms with E-state index in [1.54, 1.807) is 6.33 Å². The lowest BCUT2D eigenvalue weighted by Crippen LogP contribution is -2.21. The SMILES string of the molecule is CSCCNCc1ncnn1CC(C)C. The van der Waals surface area contributed by atoms with Crippen molar-refractivity contribution < 1.29 is 0 Å². The summed E-state index contributed by atoms with van der Waals surface area (Å²) in [6.45, 7) is 7.15. The molecule has 0 fully saturated rings. The van der Waals surface area contributed by atoms with Crippen molar-refractivity contribution in [2.75, 3.05) is 18.6 Å². The highest BCUT2D eigenvalue weighted by atomic mass is 32.2. The van der Waals surface area contributed by atoms with Crippen molar-refractivity contribution in [1.29, 1.82) is 0 Å². The molecule has 0 radical (unpaired) electrons. The first kappa shape index (κ1) is 12.5. The van der Waals surface area contributed by atoms with Gasteiger partial charge in [0.25, 0.3) is 0 Å². The van der Waals surface area contributed by atoms with Gasteiger partial charge in [0, 0.05) is 18.8 Å². The quantitative estimate of drug-likeness (QED) is 0.716. The average Bonchev–Trinajstić information content (AvgIpc) is 2.59. The molecule has 0 atom stereocenters. The van der Waals surface area contributed by atoms with Crippen LogP contribution in [0.5, 0.6) is 0 Å². The van der Waals surface area contributed by atoms with Crippen LogP contribution < -0.4 is 5.32 Å². The van der Waals surface area contributed by atoms with Gasteiger partial charge in [-0.2, -0.15) is 16.9 Å². The number of thioether (sulfide) groups is 1. The molecule has 5 heteroatoms. The number of rotatable bonds is 7. The molecule has 1 N–H and O–H groups in total. The van der Waals surface area contributed by atoms with E-state index in [1.807, 2.05) is 16.4 Å². The number of hydrogen-bond donors (Lipinski definition) is 1. The third-order valence-electron chi connectivity index (χ3n) is 2.00. The second kappa shape index (κ2) is 6.85. The van der Waals surface area contributed by atoms with Crippen LogP contribution in [0.4, 0.5) is 0 Å². The lowest BCUT2D eigenvalue weighted by Gasteiger charge is -2.08. The van der Waals surface area contributed by atoms with Gasteiger partial charge in [-0.3, -0.25) is 0 Å². The summed E-state index contributed by atoms with van der Waals surface area (Å²) in [5, 5.41) is 7.57. The highest BCUT2D eigenvalue weighted by Gasteiger charge is 2.04. The molecule has 0 saturated carbocycles. The molecule has 86 valence electrons. The molecule has 0 bridgehead atoms. The van der Waals surface area contributed by atoms with Crippen molar-refractivity contribution in [3.8, 4) is 0 Å². The van der Waals surface area contributed by atoms with Gasteiger partial charge in [0.2, 0.25) is 0 Å². The van der Waals surface area contributed by atoms with Gasteiger partial charge in [0.05, 0.1) is 6.54 Å². The van der Waals surface area contributed by atoms with E-state index in [1.165, 1.54) is 0 Å². The molecule has 0 spiro atoms. The third kappa shape index (κ3) is 4.66. The Kier molecular flexibility index (Phi) is 5.71. The topological polar surface area (TPSA) is 42.7 Å². The zero-order valence-corrected chi connectivity index (χ0v) is 10.5. The second-order valence-electron chi connectivity index (χ2n) is 3.92. The van der Waals surface area contributed by atoms with E-state index in [9.17, 15) is 0 Å². The Morgan fingerprint density at radius 2 is 2.33 bits per heavy atom. The van der Waals surface area contributed by atoms with Crippen LogP contribution in [-0.2, 0) is 13.1 Å². The predicted molar refractivity (Wildman–Crippen MR) is 64.9 cm³/mol. The van der Waals surface area contributed by atoms with Crippen LogP contribution in [0.3, 0.4) is 0 Å². The Hall–Kier alpha value is -0.550. The molecular formula is C10H20N4S. The normalized spacial score (nSPS) is 11.2. The molecule has 15 heavy (non-hydrogen) atoms. The van der Waals surface area contributed by atoms with E-state index in [4.69, 9.17) is 0 Å². The number of nitrogens with zero attached hydrogens (tertiary/aromatic N) is 3. The molecule has 0 aliphatic heterocycles. The van der Waals surface area contributed by atoms with Crippen LogP contribution in [-0.4, -0.2) is 33.3 Å². The largest absolute Gasteiger partial charge is 0.309 e. The smallest absolute Gasteiger partial charge is 0.140 e. The van der Waals surface area contributed by atoms with E-state index in [0.29, 0.717) is 5.92 Å². The highest BCUT2D eigenvalue weighted by Crippen LogP contribution is 2.00. The summed E-state index contributed by atoms with van der Waals surface area (Å²) in [7, 11) is 0. The van der Waals surface area contributed by atoms with Gasteiger partial charge >= 0.3 is 0 Å². The van der Waals surface area contributed by atoms with Crippen LogP contribution in [0.1, 0.15) is 19.7 Å². The van der Waals surface area contributed by atoms with Gasteiger partial charge in [-0.05, 0) is 12.2 Å². The Morgan fingerprint density at radius 1 is 1.53 bits per heavy atom. The molecule has 0 unspecified atom stereocenters. The Bertz CT molecular complexity index is 272. The van der Waals surface area contributed by atoms with Gasteiger partial charge in [0.15, 0.2) is 0 Å². The van der Waals surface area contributed by atoms with Crippen LogP contribution in [0, 0.1) is 5.92 Å². The van der Waals surface area contributed by atoms with Gasteiger partial charge in [-0.15, -0.1) is 0 Å². The summed E-state index contributed by atoms with van der Waals surface area (Å²) >= 11 is 1.85. The molecule has 4 nitrogen and oxygen atoms in total. The summed E-state index contributed by atoms with van der Waals surface area (Å²) in [5.74, 6) is 2.78. The number of aromatic nitrogens is 3. The first-order valence-electron chi connectivity index (χ1n) is 5.30. The molecule has 0 amide bonds. The Labute approximate surface area is 95.9 Å². The summed E-state index contributed by atoms with van der Waals surface area (Å²) < 4.78 is 1.98. The molecule has 0 aromatic carbocycles. The standard InChI is InChI=1S/C10H20N4S/c1-9(2)7-14-10(12-8-13-14)6-11-4-5-15-3/h8-9,11H,4-7H2,1-3H3. The maximum Gasteiger partial charge on any atom is 0.140 e. The van der Waals surface area contributed by atoms with Crippen LogP contribution >= 0.6 is 11.8 Å². The molecule has 0 aliphatic carbocycles. The average molecular weight is 228 g/mol. The monoisotopic (exact) mass is 228 g/mol. The molecule has 1 aromatic rings. The number of hydrogen-bond acceptors (Lipinski definition) is 4. The fourth-order valence-electron chi connectivity index (χ4n) is 1.30. The van der Waals surface area contributed by atoms with E-state index < -0.39 is 0 Å². The summed E-state index contributed by atoms with van der Waals surface area (Å²) in [6.07, 6.45) is 3.75. The minimum atomic E-state index is 0.608.